The zero-order valence-corrected chi connectivity index (χ0v) is 15.3. The van der Waals surface area contributed by atoms with Crippen LogP contribution in [0.3, 0.4) is 0 Å². The molecule has 4 rings (SSSR count). The molecule has 0 unspecified atom stereocenters. The van der Waals surface area contributed by atoms with Gasteiger partial charge in [-0.15, -0.1) is 0 Å². The lowest BCUT2D eigenvalue weighted by Gasteiger charge is -2.32. The Balaban J connectivity index is 1.29. The highest BCUT2D eigenvalue weighted by Crippen LogP contribution is 2.28. The molecule has 0 spiro atoms. The summed E-state index contributed by atoms with van der Waals surface area (Å²) in [7, 11) is 0. The van der Waals surface area contributed by atoms with Crippen LogP contribution in [0.1, 0.15) is 54.4 Å². The maximum Gasteiger partial charge on any atom is 0.253 e. The van der Waals surface area contributed by atoms with Gasteiger partial charge in [0.15, 0.2) is 0 Å². The van der Waals surface area contributed by atoms with Crippen molar-refractivity contribution in [2.45, 2.75) is 51.1 Å². The first kappa shape index (κ1) is 17.0. The Morgan fingerprint density at radius 1 is 1.04 bits per heavy atom. The van der Waals surface area contributed by atoms with Gasteiger partial charge in [0.25, 0.3) is 5.91 Å². The van der Waals surface area contributed by atoms with Crippen LogP contribution in [-0.4, -0.2) is 54.5 Å². The topological polar surface area (TPSA) is 35.6 Å². The Kier molecular flexibility index (Phi) is 5.37. The fraction of sp³-hybridized carbons (Fsp3) is 0.667. The second kappa shape index (κ2) is 7.88. The van der Waals surface area contributed by atoms with Gasteiger partial charge in [0.1, 0.15) is 0 Å². The first-order valence-corrected chi connectivity index (χ1v) is 10.1. The number of nitrogens with zero attached hydrogens (tertiary/aromatic N) is 2. The van der Waals surface area contributed by atoms with Gasteiger partial charge in [-0.1, -0.05) is 12.1 Å². The second-order valence-electron chi connectivity index (χ2n) is 8.10. The average Bonchev–Trinajstić information content (AvgIpc) is 3.35. The largest absolute Gasteiger partial charge is 0.339 e. The SMILES string of the molecule is O=C(c1cccc(CN2CCCC2)c1)N1CCC(NCC2CC2)CC1. The molecule has 1 aliphatic carbocycles. The van der Waals surface area contributed by atoms with Crippen molar-refractivity contribution in [2.75, 3.05) is 32.7 Å². The van der Waals surface area contributed by atoms with E-state index in [1.807, 2.05) is 17.0 Å². The molecule has 2 aliphatic heterocycles. The lowest BCUT2D eigenvalue weighted by molar-refractivity contribution is 0.0705. The molecule has 0 radical (unpaired) electrons. The summed E-state index contributed by atoms with van der Waals surface area (Å²) in [5.74, 6) is 1.14. The van der Waals surface area contributed by atoms with Crippen LogP contribution in [0.2, 0.25) is 0 Å². The van der Waals surface area contributed by atoms with Crippen molar-refractivity contribution in [3.8, 4) is 0 Å². The fourth-order valence-electron chi connectivity index (χ4n) is 4.13. The van der Waals surface area contributed by atoms with Crippen LogP contribution in [0, 0.1) is 5.92 Å². The van der Waals surface area contributed by atoms with E-state index in [1.54, 1.807) is 0 Å². The van der Waals surface area contributed by atoms with Crippen molar-refractivity contribution >= 4 is 5.91 Å². The maximum absolute atomic E-state index is 12.9. The standard InChI is InChI=1S/C21H31N3O/c25-21(24-12-8-20(9-13-24)22-15-17-6-7-17)19-5-3-4-18(14-19)16-23-10-1-2-11-23/h3-5,14,17,20,22H,1-2,6-13,15-16H2. The smallest absolute Gasteiger partial charge is 0.253 e. The van der Waals surface area contributed by atoms with E-state index in [-0.39, 0.29) is 5.91 Å². The minimum Gasteiger partial charge on any atom is -0.339 e. The number of carbonyl (C=O) groups is 1. The molecule has 2 saturated heterocycles. The van der Waals surface area contributed by atoms with Crippen molar-refractivity contribution in [1.29, 1.82) is 0 Å². The van der Waals surface area contributed by atoms with E-state index in [9.17, 15) is 4.79 Å². The molecular weight excluding hydrogens is 310 g/mol. The molecule has 2 heterocycles. The van der Waals surface area contributed by atoms with E-state index in [1.165, 1.54) is 50.9 Å². The first-order valence-electron chi connectivity index (χ1n) is 10.1. The lowest BCUT2D eigenvalue weighted by atomic mass is 10.0. The molecule has 1 amide bonds. The molecule has 136 valence electrons. The van der Waals surface area contributed by atoms with Crippen LogP contribution >= 0.6 is 0 Å². The number of hydrogen-bond donors (Lipinski definition) is 1. The highest BCUT2D eigenvalue weighted by atomic mass is 16.2. The molecule has 1 N–H and O–H groups in total. The van der Waals surface area contributed by atoms with Crippen molar-refractivity contribution in [3.05, 3.63) is 35.4 Å². The van der Waals surface area contributed by atoms with Crippen molar-refractivity contribution in [2.24, 2.45) is 5.92 Å². The van der Waals surface area contributed by atoms with Crippen LogP contribution in [0.15, 0.2) is 24.3 Å². The summed E-state index contributed by atoms with van der Waals surface area (Å²) < 4.78 is 0. The van der Waals surface area contributed by atoms with Gasteiger partial charge >= 0.3 is 0 Å². The summed E-state index contributed by atoms with van der Waals surface area (Å²) in [6.07, 6.45) is 7.60. The lowest BCUT2D eigenvalue weighted by Crippen LogP contribution is -2.45. The van der Waals surface area contributed by atoms with E-state index in [2.05, 4.69) is 22.3 Å². The van der Waals surface area contributed by atoms with Gasteiger partial charge < -0.3 is 10.2 Å². The van der Waals surface area contributed by atoms with E-state index < -0.39 is 0 Å². The maximum atomic E-state index is 12.9. The third-order valence-electron chi connectivity index (χ3n) is 5.95. The predicted octanol–water partition coefficient (Wildman–Crippen LogP) is 2.89. The minimum absolute atomic E-state index is 0.212. The second-order valence-corrected chi connectivity index (χ2v) is 8.10. The molecule has 3 aliphatic rings. The normalized spacial score (nSPS) is 22.5. The van der Waals surface area contributed by atoms with Crippen LogP contribution < -0.4 is 5.32 Å². The molecule has 1 aromatic carbocycles. The van der Waals surface area contributed by atoms with Gasteiger partial charge in [-0.05, 0) is 81.8 Å². The first-order chi connectivity index (χ1) is 12.3. The van der Waals surface area contributed by atoms with Gasteiger partial charge in [0, 0.05) is 31.2 Å². The minimum atomic E-state index is 0.212. The van der Waals surface area contributed by atoms with Crippen molar-refractivity contribution in [3.63, 3.8) is 0 Å². The highest BCUT2D eigenvalue weighted by molar-refractivity contribution is 5.94. The van der Waals surface area contributed by atoms with Crippen LogP contribution in [0.5, 0.6) is 0 Å². The van der Waals surface area contributed by atoms with Gasteiger partial charge in [-0.3, -0.25) is 9.69 Å². The number of amides is 1. The number of carbonyl (C=O) groups excluding carboxylic acids is 1. The van der Waals surface area contributed by atoms with Gasteiger partial charge in [-0.2, -0.15) is 0 Å². The summed E-state index contributed by atoms with van der Waals surface area (Å²) in [4.78, 5) is 17.4. The molecule has 0 atom stereocenters. The monoisotopic (exact) mass is 341 g/mol. The number of likely N-dealkylation sites (tertiary alicyclic amines) is 2. The van der Waals surface area contributed by atoms with Crippen LogP contribution in [0.4, 0.5) is 0 Å². The summed E-state index contributed by atoms with van der Waals surface area (Å²) in [5.41, 5.74) is 2.13. The third-order valence-corrected chi connectivity index (χ3v) is 5.95. The number of benzene rings is 1. The number of rotatable bonds is 6. The van der Waals surface area contributed by atoms with Crippen LogP contribution in [-0.2, 0) is 6.54 Å². The number of nitrogens with one attached hydrogen (secondary N) is 1. The molecule has 0 aromatic heterocycles. The zero-order chi connectivity index (χ0) is 17.1. The van der Waals surface area contributed by atoms with E-state index in [0.29, 0.717) is 6.04 Å². The Labute approximate surface area is 151 Å². The highest BCUT2D eigenvalue weighted by Gasteiger charge is 2.26. The molecule has 4 nitrogen and oxygen atoms in total. The average molecular weight is 341 g/mol. The third kappa shape index (κ3) is 4.62. The van der Waals surface area contributed by atoms with Gasteiger partial charge in [0.05, 0.1) is 0 Å². The van der Waals surface area contributed by atoms with E-state index in [0.717, 1.165) is 44.0 Å². The van der Waals surface area contributed by atoms with Crippen LogP contribution in [0.25, 0.3) is 0 Å². The van der Waals surface area contributed by atoms with E-state index >= 15 is 0 Å². The fourth-order valence-corrected chi connectivity index (χ4v) is 4.13. The molecule has 3 fully saturated rings. The molecule has 4 heteroatoms. The van der Waals surface area contributed by atoms with Gasteiger partial charge in [0.2, 0.25) is 0 Å². The molecule has 25 heavy (non-hydrogen) atoms. The predicted molar refractivity (Wildman–Crippen MR) is 101 cm³/mol. The number of piperidine rings is 1. The summed E-state index contributed by atoms with van der Waals surface area (Å²) in [5, 5.41) is 3.69. The summed E-state index contributed by atoms with van der Waals surface area (Å²) in [6, 6.07) is 8.89. The van der Waals surface area contributed by atoms with E-state index in [4.69, 9.17) is 0 Å². The Morgan fingerprint density at radius 3 is 2.52 bits per heavy atom. The summed E-state index contributed by atoms with van der Waals surface area (Å²) >= 11 is 0. The quantitative estimate of drug-likeness (QED) is 0.864. The van der Waals surface area contributed by atoms with Gasteiger partial charge in [-0.25, -0.2) is 0 Å². The Hall–Kier alpha value is -1.39. The Bertz CT molecular complexity index is 585. The zero-order valence-electron chi connectivity index (χ0n) is 15.3. The number of hydrogen-bond acceptors (Lipinski definition) is 3. The molecule has 1 aromatic rings. The summed E-state index contributed by atoms with van der Waals surface area (Å²) in [6.45, 7) is 6.32. The Morgan fingerprint density at radius 2 is 1.80 bits per heavy atom. The van der Waals surface area contributed by atoms with Crippen molar-refractivity contribution < 1.29 is 4.79 Å². The van der Waals surface area contributed by atoms with Crippen molar-refractivity contribution in [1.82, 2.24) is 15.1 Å². The molecule has 0 bridgehead atoms. The molecule has 1 saturated carbocycles. The molecular formula is C21H31N3O.